The molecule has 0 bridgehead atoms. The monoisotopic (exact) mass is 287 g/mol. The van der Waals surface area contributed by atoms with E-state index in [1.54, 1.807) is 12.1 Å². The molecule has 2 nitrogen and oxygen atoms in total. The van der Waals surface area contributed by atoms with Gasteiger partial charge >= 0.3 is 0 Å². The van der Waals surface area contributed by atoms with Crippen LogP contribution in [0.3, 0.4) is 0 Å². The van der Waals surface area contributed by atoms with Crippen LogP contribution in [0.15, 0.2) is 18.2 Å². The minimum atomic E-state index is -0.0855. The number of hydrogen-bond donors (Lipinski definition) is 1. The van der Waals surface area contributed by atoms with E-state index >= 15 is 0 Å². The Balaban J connectivity index is 2.69. The van der Waals surface area contributed by atoms with Gasteiger partial charge in [-0.1, -0.05) is 31.5 Å². The molecular weight excluding hydrogens is 269 g/mol. The van der Waals surface area contributed by atoms with Crippen molar-refractivity contribution in [2.75, 3.05) is 12.4 Å². The van der Waals surface area contributed by atoms with E-state index < -0.39 is 0 Å². The summed E-state index contributed by atoms with van der Waals surface area (Å²) >= 11 is 11.6. The molecule has 0 aromatic heterocycles. The highest BCUT2D eigenvalue weighted by Gasteiger charge is 2.19. The summed E-state index contributed by atoms with van der Waals surface area (Å²) in [7, 11) is 0. The van der Waals surface area contributed by atoms with E-state index in [4.69, 9.17) is 23.2 Å². The first-order chi connectivity index (χ1) is 8.35. The highest BCUT2D eigenvalue weighted by molar-refractivity contribution is 6.31. The number of nitrogens with one attached hydrogen (secondary N) is 1. The normalized spacial score (nSPS) is 11.4. The summed E-state index contributed by atoms with van der Waals surface area (Å²) < 4.78 is 0. The van der Waals surface area contributed by atoms with Gasteiger partial charge in [0.25, 0.3) is 5.91 Å². The molecule has 0 aliphatic heterocycles. The van der Waals surface area contributed by atoms with E-state index in [2.05, 4.69) is 19.2 Å². The Morgan fingerprint density at radius 2 is 2.06 bits per heavy atom. The maximum Gasteiger partial charge on any atom is 0.251 e. The molecule has 100 valence electrons. The predicted octanol–water partition coefficient (Wildman–Crippen LogP) is 4.03. The second kappa shape index (κ2) is 6.44. The lowest BCUT2D eigenvalue weighted by molar-refractivity contribution is 0.0935. The van der Waals surface area contributed by atoms with E-state index in [0.29, 0.717) is 23.0 Å². The Hall–Kier alpha value is -0.730. The molecule has 1 amide bonds. The van der Waals surface area contributed by atoms with Crippen LogP contribution >= 0.6 is 23.2 Å². The quantitative estimate of drug-likeness (QED) is 0.814. The number of alkyl halides is 1. The molecule has 0 aliphatic carbocycles. The highest BCUT2D eigenvalue weighted by atomic mass is 35.5. The van der Waals surface area contributed by atoms with Crippen molar-refractivity contribution >= 4 is 29.1 Å². The Kier molecular flexibility index (Phi) is 5.48. The van der Waals surface area contributed by atoms with Gasteiger partial charge in [-0.05, 0) is 36.5 Å². The van der Waals surface area contributed by atoms with Crippen LogP contribution in [-0.4, -0.2) is 18.3 Å². The van der Waals surface area contributed by atoms with Gasteiger partial charge in [0.05, 0.1) is 0 Å². The van der Waals surface area contributed by atoms with Gasteiger partial charge in [0.15, 0.2) is 0 Å². The molecule has 0 saturated carbocycles. The van der Waals surface area contributed by atoms with E-state index in [1.807, 2.05) is 13.0 Å². The number of benzene rings is 1. The van der Waals surface area contributed by atoms with Crippen LogP contribution in [-0.2, 0) is 0 Å². The number of carbonyl (C=O) groups excluding carboxylic acids is 1. The molecule has 18 heavy (non-hydrogen) atoms. The third kappa shape index (κ3) is 4.51. The number of aryl methyl sites for hydroxylation is 1. The zero-order valence-electron chi connectivity index (χ0n) is 11.0. The Bertz CT molecular complexity index is 430. The van der Waals surface area contributed by atoms with Gasteiger partial charge in [-0.3, -0.25) is 4.79 Å². The van der Waals surface area contributed by atoms with Crippen molar-refractivity contribution in [3.63, 3.8) is 0 Å². The molecule has 1 aromatic carbocycles. The maximum absolute atomic E-state index is 12.1. The first-order valence-corrected chi connectivity index (χ1v) is 6.87. The average molecular weight is 288 g/mol. The molecule has 0 saturated heterocycles. The minimum absolute atomic E-state index is 0.00386. The fraction of sp³-hybridized carbons (Fsp3) is 0.500. The van der Waals surface area contributed by atoms with Crippen molar-refractivity contribution in [2.24, 2.45) is 5.41 Å². The van der Waals surface area contributed by atoms with Crippen LogP contribution in [0.4, 0.5) is 0 Å². The third-order valence-electron chi connectivity index (χ3n) is 2.94. The maximum atomic E-state index is 12.1. The number of hydrogen-bond acceptors (Lipinski definition) is 1. The van der Waals surface area contributed by atoms with Crippen LogP contribution in [0.2, 0.25) is 5.02 Å². The molecule has 0 radical (unpaired) electrons. The van der Waals surface area contributed by atoms with Crippen LogP contribution < -0.4 is 5.32 Å². The van der Waals surface area contributed by atoms with E-state index in [-0.39, 0.29) is 11.3 Å². The lowest BCUT2D eigenvalue weighted by Gasteiger charge is -2.24. The van der Waals surface area contributed by atoms with Crippen molar-refractivity contribution in [3.05, 3.63) is 34.3 Å². The van der Waals surface area contributed by atoms with Gasteiger partial charge in [0.2, 0.25) is 0 Å². The van der Waals surface area contributed by atoms with Crippen LogP contribution in [0.1, 0.15) is 36.2 Å². The summed E-state index contributed by atoms with van der Waals surface area (Å²) in [5, 5.41) is 3.51. The molecule has 0 unspecified atom stereocenters. The van der Waals surface area contributed by atoms with Crippen molar-refractivity contribution in [1.82, 2.24) is 5.32 Å². The second-order valence-electron chi connectivity index (χ2n) is 5.25. The van der Waals surface area contributed by atoms with Crippen molar-refractivity contribution in [2.45, 2.75) is 27.2 Å². The molecular formula is C14H19Cl2NO. The van der Waals surface area contributed by atoms with Gasteiger partial charge in [-0.15, -0.1) is 11.6 Å². The first kappa shape index (κ1) is 15.3. The number of halogens is 2. The topological polar surface area (TPSA) is 29.1 Å². The summed E-state index contributed by atoms with van der Waals surface area (Å²) in [5.41, 5.74) is 1.56. The lowest BCUT2D eigenvalue weighted by atomic mass is 9.90. The van der Waals surface area contributed by atoms with Crippen LogP contribution in [0.5, 0.6) is 0 Å². The Labute approximate surface area is 119 Å². The average Bonchev–Trinajstić information content (AvgIpc) is 2.29. The second-order valence-corrected chi connectivity index (χ2v) is 6.06. The third-order valence-corrected chi connectivity index (χ3v) is 3.37. The number of carbonyl (C=O) groups is 1. The van der Waals surface area contributed by atoms with Crippen molar-refractivity contribution < 1.29 is 4.79 Å². The zero-order valence-corrected chi connectivity index (χ0v) is 12.5. The van der Waals surface area contributed by atoms with Crippen LogP contribution in [0.25, 0.3) is 0 Å². The molecule has 1 N–H and O–H groups in total. The fourth-order valence-corrected chi connectivity index (χ4v) is 2.28. The molecule has 0 heterocycles. The lowest BCUT2D eigenvalue weighted by Crippen LogP contribution is -2.34. The van der Waals surface area contributed by atoms with Gasteiger partial charge < -0.3 is 5.32 Å². The summed E-state index contributed by atoms with van der Waals surface area (Å²) in [6, 6.07) is 5.33. The largest absolute Gasteiger partial charge is 0.351 e. The van der Waals surface area contributed by atoms with Crippen molar-refractivity contribution in [1.29, 1.82) is 0 Å². The minimum Gasteiger partial charge on any atom is -0.351 e. The molecule has 4 heteroatoms. The number of rotatable bonds is 5. The molecule has 0 atom stereocenters. The molecule has 0 spiro atoms. The summed E-state index contributed by atoms with van der Waals surface area (Å²) in [4.78, 5) is 12.1. The first-order valence-electron chi connectivity index (χ1n) is 5.96. The highest BCUT2D eigenvalue weighted by Crippen LogP contribution is 2.20. The fourth-order valence-electron chi connectivity index (χ4n) is 1.60. The van der Waals surface area contributed by atoms with Gasteiger partial charge in [-0.2, -0.15) is 0 Å². The van der Waals surface area contributed by atoms with E-state index in [0.717, 1.165) is 12.0 Å². The molecule has 1 rings (SSSR count). The standard InChI is InChI=1S/C14H19Cl2NO/c1-10-4-5-11(16)8-12(10)13(18)17-9-14(2,3)6-7-15/h4-5,8H,6-7,9H2,1-3H3,(H,17,18). The van der Waals surface area contributed by atoms with Crippen LogP contribution in [0, 0.1) is 12.3 Å². The van der Waals surface area contributed by atoms with Gasteiger partial charge in [0, 0.05) is 23.0 Å². The van der Waals surface area contributed by atoms with E-state index in [1.165, 1.54) is 0 Å². The van der Waals surface area contributed by atoms with E-state index in [9.17, 15) is 4.79 Å². The summed E-state index contributed by atoms with van der Waals surface area (Å²) in [5.74, 6) is 0.511. The summed E-state index contributed by atoms with van der Waals surface area (Å²) in [6.45, 7) is 6.67. The summed E-state index contributed by atoms with van der Waals surface area (Å²) in [6.07, 6.45) is 0.864. The van der Waals surface area contributed by atoms with Gasteiger partial charge in [0.1, 0.15) is 0 Å². The Morgan fingerprint density at radius 3 is 2.67 bits per heavy atom. The molecule has 0 fully saturated rings. The molecule has 0 aliphatic rings. The predicted molar refractivity (Wildman–Crippen MR) is 77.6 cm³/mol. The zero-order chi connectivity index (χ0) is 13.8. The smallest absolute Gasteiger partial charge is 0.251 e. The molecule has 1 aromatic rings. The van der Waals surface area contributed by atoms with Gasteiger partial charge in [-0.25, -0.2) is 0 Å². The Morgan fingerprint density at radius 1 is 1.39 bits per heavy atom. The van der Waals surface area contributed by atoms with Crippen molar-refractivity contribution in [3.8, 4) is 0 Å². The SMILES string of the molecule is Cc1ccc(Cl)cc1C(=O)NCC(C)(C)CCCl. The number of amides is 1.